The number of carbonyl (C=O) groups excluding carboxylic acids is 1. The Morgan fingerprint density at radius 3 is 2.55 bits per heavy atom. The quantitative estimate of drug-likeness (QED) is 0.549. The van der Waals surface area contributed by atoms with Gasteiger partial charge in [-0.1, -0.05) is 65.7 Å². The van der Waals surface area contributed by atoms with Gasteiger partial charge in [-0.15, -0.1) is 0 Å². The van der Waals surface area contributed by atoms with Crippen molar-refractivity contribution in [2.45, 2.75) is 19.4 Å². The maximum Gasteiger partial charge on any atom is 0.336 e. The average molecular weight is 455 g/mol. The van der Waals surface area contributed by atoms with Crippen LogP contribution in [0.5, 0.6) is 0 Å². The molecule has 2 aromatic carbocycles. The van der Waals surface area contributed by atoms with E-state index in [2.05, 4.69) is 5.32 Å². The van der Waals surface area contributed by atoms with Crippen molar-refractivity contribution in [1.82, 2.24) is 4.57 Å². The number of ether oxygens (including phenoxy) is 1. The number of allylic oxidation sites excluding steroid dienone is 1. The number of fused-ring (bicyclic) bond motifs is 1. The minimum Gasteiger partial charge on any atom is -0.466 e. The molecule has 0 bridgehead atoms. The maximum atomic E-state index is 13.6. The Morgan fingerprint density at radius 2 is 1.84 bits per heavy atom. The van der Waals surface area contributed by atoms with E-state index in [0.717, 1.165) is 5.56 Å². The van der Waals surface area contributed by atoms with E-state index in [1.807, 2.05) is 36.4 Å². The Bertz CT molecular complexity index is 1250. The second kappa shape index (κ2) is 8.61. The van der Waals surface area contributed by atoms with Crippen molar-refractivity contribution in [1.29, 1.82) is 0 Å². The van der Waals surface area contributed by atoms with Gasteiger partial charge in [0.15, 0.2) is 0 Å². The predicted octanol–water partition coefficient (Wildman–Crippen LogP) is 5.21. The fourth-order valence-electron chi connectivity index (χ4n) is 3.95. The van der Waals surface area contributed by atoms with Gasteiger partial charge in [0.05, 0.1) is 40.8 Å². The third-order valence-corrected chi connectivity index (χ3v) is 6.23. The van der Waals surface area contributed by atoms with Crippen molar-refractivity contribution in [3.63, 3.8) is 0 Å². The lowest BCUT2D eigenvalue weighted by Gasteiger charge is -2.30. The summed E-state index contributed by atoms with van der Waals surface area (Å²) >= 11 is 12.8. The third kappa shape index (κ3) is 3.87. The summed E-state index contributed by atoms with van der Waals surface area (Å²) in [5.74, 6) is -1.25. The molecule has 2 heterocycles. The molecular weight excluding hydrogens is 435 g/mol. The van der Waals surface area contributed by atoms with E-state index in [9.17, 15) is 9.59 Å². The maximum absolute atomic E-state index is 13.6. The summed E-state index contributed by atoms with van der Waals surface area (Å²) in [6.45, 7) is 2.18. The number of pyridine rings is 1. The third-order valence-electron chi connectivity index (χ3n) is 5.40. The molecule has 31 heavy (non-hydrogen) atoms. The Morgan fingerprint density at radius 1 is 1.10 bits per heavy atom. The normalized spacial score (nSPS) is 15.3. The van der Waals surface area contributed by atoms with Gasteiger partial charge in [0.1, 0.15) is 0 Å². The van der Waals surface area contributed by atoms with Crippen LogP contribution in [0.3, 0.4) is 0 Å². The van der Waals surface area contributed by atoms with Crippen LogP contribution in [-0.4, -0.2) is 17.6 Å². The summed E-state index contributed by atoms with van der Waals surface area (Å²) in [6, 6.07) is 16.7. The summed E-state index contributed by atoms with van der Waals surface area (Å²) in [6.07, 6.45) is 1.74. The van der Waals surface area contributed by atoms with Gasteiger partial charge in [0, 0.05) is 17.6 Å². The molecule has 0 radical (unpaired) electrons. The molecule has 0 fully saturated rings. The Balaban J connectivity index is 1.95. The molecule has 1 atom stereocenters. The molecule has 0 saturated carbocycles. The van der Waals surface area contributed by atoms with Crippen molar-refractivity contribution in [2.24, 2.45) is 0 Å². The molecule has 5 nitrogen and oxygen atoms in total. The molecule has 4 rings (SSSR count). The lowest BCUT2D eigenvalue weighted by atomic mass is 9.81. The summed E-state index contributed by atoms with van der Waals surface area (Å²) in [4.78, 5) is 26.4. The van der Waals surface area contributed by atoms with E-state index in [1.165, 1.54) is 7.11 Å². The summed E-state index contributed by atoms with van der Waals surface area (Å²) in [5.41, 5.74) is 3.32. The van der Waals surface area contributed by atoms with E-state index in [-0.39, 0.29) is 5.56 Å². The highest BCUT2D eigenvalue weighted by molar-refractivity contribution is 6.42. The Hall–Kier alpha value is -3.02. The van der Waals surface area contributed by atoms with E-state index < -0.39 is 11.9 Å². The fourth-order valence-corrected chi connectivity index (χ4v) is 4.37. The van der Waals surface area contributed by atoms with E-state index in [4.69, 9.17) is 27.9 Å². The zero-order valence-corrected chi connectivity index (χ0v) is 18.5. The molecule has 3 aromatic rings. The lowest BCUT2D eigenvalue weighted by Crippen LogP contribution is -2.33. The van der Waals surface area contributed by atoms with Gasteiger partial charge < -0.3 is 14.6 Å². The van der Waals surface area contributed by atoms with Gasteiger partial charge in [-0.3, -0.25) is 4.79 Å². The first kappa shape index (κ1) is 21.2. The number of anilines is 1. The highest BCUT2D eigenvalue weighted by atomic mass is 35.5. The predicted molar refractivity (Wildman–Crippen MR) is 123 cm³/mol. The molecule has 1 aliphatic rings. The van der Waals surface area contributed by atoms with Crippen LogP contribution in [-0.2, 0) is 16.1 Å². The number of esters is 1. The van der Waals surface area contributed by atoms with E-state index >= 15 is 0 Å². The molecule has 0 saturated heterocycles. The number of aromatic nitrogens is 1. The van der Waals surface area contributed by atoms with Crippen molar-refractivity contribution >= 4 is 34.9 Å². The molecule has 0 amide bonds. The standard InChI is InChI=1S/C24H20Cl2N2O3/c1-14-19(24(30)31-2)20(16-9-6-10-17(25)22(16)26)21-18(27-14)11-12-28(23(21)29)13-15-7-4-3-5-8-15/h3-12,20,27H,13H2,1-2H3. The monoisotopic (exact) mass is 454 g/mol. The van der Waals surface area contributed by atoms with Crippen LogP contribution in [0.4, 0.5) is 5.69 Å². The summed E-state index contributed by atoms with van der Waals surface area (Å²) < 4.78 is 6.66. The van der Waals surface area contributed by atoms with Gasteiger partial charge in [0.2, 0.25) is 0 Å². The largest absolute Gasteiger partial charge is 0.466 e. The first-order valence-electron chi connectivity index (χ1n) is 9.69. The summed E-state index contributed by atoms with van der Waals surface area (Å²) in [7, 11) is 1.31. The van der Waals surface area contributed by atoms with Crippen LogP contribution in [0.15, 0.2) is 76.9 Å². The second-order valence-electron chi connectivity index (χ2n) is 7.29. The number of rotatable bonds is 4. The van der Waals surface area contributed by atoms with Crippen LogP contribution in [0.25, 0.3) is 0 Å². The molecule has 158 valence electrons. The average Bonchev–Trinajstić information content (AvgIpc) is 2.77. The SMILES string of the molecule is COC(=O)C1=C(C)Nc2ccn(Cc3ccccc3)c(=O)c2C1c1cccc(Cl)c1Cl. The van der Waals surface area contributed by atoms with Gasteiger partial charge in [-0.05, 0) is 30.2 Å². The lowest BCUT2D eigenvalue weighted by molar-refractivity contribution is -0.136. The van der Waals surface area contributed by atoms with Gasteiger partial charge in [-0.25, -0.2) is 4.79 Å². The van der Waals surface area contributed by atoms with Crippen LogP contribution in [0, 0.1) is 0 Å². The first-order valence-corrected chi connectivity index (χ1v) is 10.4. The zero-order chi connectivity index (χ0) is 22.1. The second-order valence-corrected chi connectivity index (χ2v) is 8.08. The number of hydrogen-bond acceptors (Lipinski definition) is 4. The van der Waals surface area contributed by atoms with Crippen molar-refractivity contribution in [3.05, 3.63) is 109 Å². The number of halogens is 2. The Kier molecular flexibility index (Phi) is 5.90. The van der Waals surface area contributed by atoms with Crippen LogP contribution in [0.2, 0.25) is 10.0 Å². The number of nitrogens with zero attached hydrogens (tertiary/aromatic N) is 1. The highest BCUT2D eigenvalue weighted by Gasteiger charge is 2.36. The smallest absolute Gasteiger partial charge is 0.336 e. The molecule has 1 aliphatic heterocycles. The number of benzene rings is 2. The molecule has 0 spiro atoms. The topological polar surface area (TPSA) is 60.3 Å². The number of carbonyl (C=O) groups is 1. The van der Waals surface area contributed by atoms with Crippen molar-refractivity contribution < 1.29 is 9.53 Å². The minimum absolute atomic E-state index is 0.219. The van der Waals surface area contributed by atoms with Gasteiger partial charge >= 0.3 is 5.97 Å². The summed E-state index contributed by atoms with van der Waals surface area (Å²) in [5, 5.41) is 3.83. The first-order chi connectivity index (χ1) is 14.9. The van der Waals surface area contributed by atoms with Crippen molar-refractivity contribution in [2.75, 3.05) is 12.4 Å². The molecule has 7 heteroatoms. The van der Waals surface area contributed by atoms with Crippen LogP contribution < -0.4 is 10.9 Å². The Labute approximate surface area is 189 Å². The number of hydrogen-bond donors (Lipinski definition) is 1. The zero-order valence-electron chi connectivity index (χ0n) is 17.0. The van der Waals surface area contributed by atoms with Crippen LogP contribution in [0.1, 0.15) is 29.5 Å². The molecule has 1 aromatic heterocycles. The van der Waals surface area contributed by atoms with Gasteiger partial charge in [0.25, 0.3) is 5.56 Å². The van der Waals surface area contributed by atoms with Crippen LogP contribution >= 0.6 is 23.2 Å². The molecule has 0 aliphatic carbocycles. The van der Waals surface area contributed by atoms with Crippen molar-refractivity contribution in [3.8, 4) is 0 Å². The molecule has 1 unspecified atom stereocenters. The molecular formula is C24H20Cl2N2O3. The fraction of sp³-hybridized carbons (Fsp3) is 0.167. The number of nitrogens with one attached hydrogen (secondary N) is 1. The van der Waals surface area contributed by atoms with E-state index in [0.29, 0.717) is 44.7 Å². The van der Waals surface area contributed by atoms with Gasteiger partial charge in [-0.2, -0.15) is 0 Å². The number of methoxy groups -OCH3 is 1. The highest BCUT2D eigenvalue weighted by Crippen LogP contribution is 2.44. The molecule has 1 N–H and O–H groups in total. The minimum atomic E-state index is -0.717. The van der Waals surface area contributed by atoms with E-state index in [1.54, 1.807) is 35.9 Å².